The Kier molecular flexibility index (Phi) is 5.12. The Bertz CT molecular complexity index is 571. The summed E-state index contributed by atoms with van der Waals surface area (Å²) in [5.74, 6) is -1.83. The van der Waals surface area contributed by atoms with E-state index < -0.39 is 24.7 Å². The summed E-state index contributed by atoms with van der Waals surface area (Å²) in [4.78, 5) is 24.8. The van der Waals surface area contributed by atoms with Crippen LogP contribution in [0, 0.1) is 5.92 Å². The van der Waals surface area contributed by atoms with Crippen molar-refractivity contribution in [1.29, 1.82) is 0 Å². The molecule has 0 aromatic heterocycles. The Hall–Kier alpha value is -2.25. The molecule has 0 aliphatic carbocycles. The van der Waals surface area contributed by atoms with Crippen molar-refractivity contribution in [2.75, 3.05) is 19.7 Å². The second-order valence-corrected chi connectivity index (χ2v) is 5.36. The number of aliphatic carboxylic acids is 1. The zero-order valence-corrected chi connectivity index (χ0v) is 12.2. The molecule has 23 heavy (non-hydrogen) atoms. The van der Waals surface area contributed by atoms with Crippen molar-refractivity contribution in [2.24, 2.45) is 5.92 Å². The largest absolute Gasteiger partial charge is 0.484 e. The average molecular weight is 331 g/mol. The number of amides is 1. The summed E-state index contributed by atoms with van der Waals surface area (Å²) in [6.45, 7) is -0.790. The van der Waals surface area contributed by atoms with Gasteiger partial charge in [-0.1, -0.05) is 0 Å². The normalized spacial score (nSPS) is 18.6. The van der Waals surface area contributed by atoms with Gasteiger partial charge in [-0.2, -0.15) is 13.2 Å². The van der Waals surface area contributed by atoms with Gasteiger partial charge in [0.25, 0.3) is 5.91 Å². The summed E-state index contributed by atoms with van der Waals surface area (Å²) in [5, 5.41) is 9.02. The number of likely N-dealkylation sites (tertiary alicyclic amines) is 1. The number of carboxylic acids is 1. The number of hydrogen-bond acceptors (Lipinski definition) is 3. The summed E-state index contributed by atoms with van der Waals surface area (Å²) in [6, 6.07) is 5.33. The molecule has 5 nitrogen and oxygen atoms in total. The minimum Gasteiger partial charge on any atom is -0.484 e. The third kappa shape index (κ3) is 4.87. The van der Waals surface area contributed by atoms with Gasteiger partial charge in [0.05, 0.1) is 5.92 Å². The topological polar surface area (TPSA) is 66.8 Å². The van der Waals surface area contributed by atoms with Crippen molar-refractivity contribution in [3.63, 3.8) is 0 Å². The number of ether oxygens (including phenoxy) is 1. The van der Waals surface area contributed by atoms with Crippen LogP contribution in [-0.2, 0) is 4.79 Å². The molecule has 1 saturated heterocycles. The standard InChI is InChI=1S/C15H16F3NO4/c16-15(17,18)9-23-12-5-3-10(4-6-12)13(20)19-7-1-2-11(8-19)14(21)22/h3-6,11H,1-2,7-9H2,(H,21,22). The number of carbonyl (C=O) groups is 2. The van der Waals surface area contributed by atoms with E-state index in [1.54, 1.807) is 0 Å². The van der Waals surface area contributed by atoms with Crippen LogP contribution < -0.4 is 4.74 Å². The lowest BCUT2D eigenvalue weighted by atomic mass is 9.97. The predicted octanol–water partition coefficient (Wildman–Crippen LogP) is 2.56. The van der Waals surface area contributed by atoms with Crippen molar-refractivity contribution in [1.82, 2.24) is 4.90 Å². The van der Waals surface area contributed by atoms with Crippen LogP contribution in [0.1, 0.15) is 23.2 Å². The summed E-state index contributed by atoms with van der Waals surface area (Å²) < 4.78 is 40.8. The first kappa shape index (κ1) is 17.1. The zero-order chi connectivity index (χ0) is 17.0. The Labute approximate surface area is 130 Å². The highest BCUT2D eigenvalue weighted by molar-refractivity contribution is 5.94. The molecule has 1 N–H and O–H groups in total. The molecule has 1 unspecified atom stereocenters. The molecular weight excluding hydrogens is 315 g/mol. The van der Waals surface area contributed by atoms with Gasteiger partial charge < -0.3 is 14.7 Å². The molecule has 1 heterocycles. The molecule has 1 fully saturated rings. The van der Waals surface area contributed by atoms with Crippen LogP contribution in [0.3, 0.4) is 0 Å². The van der Waals surface area contributed by atoms with Crippen LogP contribution in [0.4, 0.5) is 13.2 Å². The lowest BCUT2D eigenvalue weighted by molar-refractivity contribution is -0.153. The molecule has 2 rings (SSSR count). The minimum atomic E-state index is -4.42. The molecule has 0 saturated carbocycles. The highest BCUT2D eigenvalue weighted by atomic mass is 19.4. The molecule has 1 amide bonds. The SMILES string of the molecule is O=C(O)C1CCCN(C(=O)c2ccc(OCC(F)(F)F)cc2)C1. The monoisotopic (exact) mass is 331 g/mol. The highest BCUT2D eigenvalue weighted by Crippen LogP contribution is 2.21. The average Bonchev–Trinajstić information content (AvgIpc) is 2.52. The maximum Gasteiger partial charge on any atom is 0.422 e. The van der Waals surface area contributed by atoms with Gasteiger partial charge in [0.2, 0.25) is 0 Å². The Morgan fingerprint density at radius 2 is 1.91 bits per heavy atom. The lowest BCUT2D eigenvalue weighted by Gasteiger charge is -2.30. The fourth-order valence-electron chi connectivity index (χ4n) is 2.40. The van der Waals surface area contributed by atoms with E-state index in [-0.39, 0.29) is 23.8 Å². The number of nitrogens with zero attached hydrogens (tertiary/aromatic N) is 1. The highest BCUT2D eigenvalue weighted by Gasteiger charge is 2.29. The van der Waals surface area contributed by atoms with Crippen LogP contribution in [0.25, 0.3) is 0 Å². The molecule has 1 aliphatic heterocycles. The van der Waals surface area contributed by atoms with Crippen LogP contribution in [-0.4, -0.2) is 47.8 Å². The summed E-state index contributed by atoms with van der Waals surface area (Å²) in [6.07, 6.45) is -3.28. The van der Waals surface area contributed by atoms with Crippen molar-refractivity contribution in [3.05, 3.63) is 29.8 Å². The molecule has 8 heteroatoms. The zero-order valence-electron chi connectivity index (χ0n) is 12.2. The van der Waals surface area contributed by atoms with Gasteiger partial charge in [0.15, 0.2) is 6.61 Å². The van der Waals surface area contributed by atoms with E-state index in [1.807, 2.05) is 0 Å². The van der Waals surface area contributed by atoms with E-state index in [9.17, 15) is 22.8 Å². The number of hydrogen-bond donors (Lipinski definition) is 1. The van der Waals surface area contributed by atoms with E-state index in [0.717, 1.165) is 0 Å². The van der Waals surface area contributed by atoms with Gasteiger partial charge in [0.1, 0.15) is 5.75 Å². The molecule has 1 aromatic rings. The van der Waals surface area contributed by atoms with Gasteiger partial charge >= 0.3 is 12.1 Å². The number of carbonyl (C=O) groups excluding carboxylic acids is 1. The first-order chi connectivity index (χ1) is 10.8. The number of benzene rings is 1. The van der Waals surface area contributed by atoms with Crippen LogP contribution in [0.2, 0.25) is 0 Å². The summed E-state index contributed by atoms with van der Waals surface area (Å²) in [7, 11) is 0. The van der Waals surface area contributed by atoms with Gasteiger partial charge in [-0.25, -0.2) is 0 Å². The predicted molar refractivity (Wildman–Crippen MR) is 74.3 cm³/mol. The van der Waals surface area contributed by atoms with Crippen LogP contribution in [0.5, 0.6) is 5.75 Å². The van der Waals surface area contributed by atoms with Gasteiger partial charge in [-0.15, -0.1) is 0 Å². The van der Waals surface area contributed by atoms with Crippen molar-refractivity contribution in [2.45, 2.75) is 19.0 Å². The molecule has 0 bridgehead atoms. The lowest BCUT2D eigenvalue weighted by Crippen LogP contribution is -2.42. The molecule has 1 aliphatic rings. The Morgan fingerprint density at radius 3 is 2.48 bits per heavy atom. The second kappa shape index (κ2) is 6.89. The van der Waals surface area contributed by atoms with Crippen molar-refractivity contribution in [3.8, 4) is 5.75 Å². The smallest absolute Gasteiger partial charge is 0.422 e. The molecule has 0 spiro atoms. The number of piperidine rings is 1. The molecular formula is C15H16F3NO4. The molecule has 126 valence electrons. The van der Waals surface area contributed by atoms with E-state index >= 15 is 0 Å². The fraction of sp³-hybridized carbons (Fsp3) is 0.467. The summed E-state index contributed by atoms with van der Waals surface area (Å²) >= 11 is 0. The van der Waals surface area contributed by atoms with E-state index in [2.05, 4.69) is 4.74 Å². The van der Waals surface area contributed by atoms with Gasteiger partial charge in [0, 0.05) is 18.7 Å². The fourth-order valence-corrected chi connectivity index (χ4v) is 2.40. The van der Waals surface area contributed by atoms with E-state index in [4.69, 9.17) is 5.11 Å². The summed E-state index contributed by atoms with van der Waals surface area (Å²) in [5.41, 5.74) is 0.287. The third-order valence-electron chi connectivity index (χ3n) is 3.56. The minimum absolute atomic E-state index is 0.0148. The quantitative estimate of drug-likeness (QED) is 0.921. The van der Waals surface area contributed by atoms with E-state index in [0.29, 0.717) is 19.4 Å². The number of alkyl halides is 3. The number of carboxylic acid groups (broad SMARTS) is 1. The molecule has 1 aromatic carbocycles. The van der Waals surface area contributed by atoms with Gasteiger partial charge in [-0.05, 0) is 37.1 Å². The first-order valence-corrected chi connectivity index (χ1v) is 7.08. The first-order valence-electron chi connectivity index (χ1n) is 7.08. The Balaban J connectivity index is 1.98. The third-order valence-corrected chi connectivity index (χ3v) is 3.56. The maximum absolute atomic E-state index is 12.3. The number of rotatable bonds is 4. The van der Waals surface area contributed by atoms with E-state index in [1.165, 1.54) is 29.2 Å². The number of halogens is 3. The second-order valence-electron chi connectivity index (χ2n) is 5.36. The van der Waals surface area contributed by atoms with Gasteiger partial charge in [-0.3, -0.25) is 9.59 Å². The molecule has 1 atom stereocenters. The van der Waals surface area contributed by atoms with Crippen molar-refractivity contribution < 1.29 is 32.6 Å². The van der Waals surface area contributed by atoms with Crippen LogP contribution >= 0.6 is 0 Å². The molecule has 0 radical (unpaired) electrons. The maximum atomic E-state index is 12.3. The van der Waals surface area contributed by atoms with Crippen LogP contribution in [0.15, 0.2) is 24.3 Å². The van der Waals surface area contributed by atoms with Crippen molar-refractivity contribution >= 4 is 11.9 Å². The Morgan fingerprint density at radius 1 is 1.26 bits per heavy atom.